The van der Waals surface area contributed by atoms with E-state index < -0.39 is 0 Å². The lowest BCUT2D eigenvalue weighted by Gasteiger charge is -2.10. The molecule has 27 aromatic rings. The molecule has 9 heteroatoms. The Morgan fingerprint density at radius 3 is 0.940 bits per heavy atom. The average Bonchev–Trinajstić information content (AvgIpc) is 1.57. The Morgan fingerprint density at radius 2 is 0.479 bits per heavy atom. The van der Waals surface area contributed by atoms with Gasteiger partial charge >= 0.3 is 0 Å². The Kier molecular flexibility index (Phi) is 15.3. The molecule has 117 heavy (non-hydrogen) atoms. The summed E-state index contributed by atoms with van der Waals surface area (Å²) in [6.07, 6.45) is 0. The van der Waals surface area contributed by atoms with E-state index in [9.17, 15) is 0 Å². The summed E-state index contributed by atoms with van der Waals surface area (Å²) in [6.45, 7) is 0. The summed E-state index contributed by atoms with van der Waals surface area (Å²) in [5.41, 5.74) is 18.9. The van der Waals surface area contributed by atoms with E-state index >= 15 is 0 Å². The molecule has 0 aliphatic carbocycles. The van der Waals surface area contributed by atoms with Crippen molar-refractivity contribution >= 4 is 254 Å². The van der Waals surface area contributed by atoms with Crippen molar-refractivity contribution in [2.75, 3.05) is 0 Å². The van der Waals surface area contributed by atoms with Crippen LogP contribution >= 0.6 is 68.0 Å². The van der Waals surface area contributed by atoms with E-state index in [2.05, 4.69) is 396 Å². The number of hydrogen-bond donors (Lipinski definition) is 0. The predicted molar refractivity (Wildman–Crippen MR) is 516 cm³/mol. The van der Waals surface area contributed by atoms with E-state index in [1.165, 1.54) is 237 Å². The van der Waals surface area contributed by atoms with Gasteiger partial charge in [-0.25, -0.2) is 0 Å². The Hall–Kier alpha value is -13.3. The van der Waals surface area contributed by atoms with Crippen LogP contribution in [0.3, 0.4) is 0 Å². The number of nitrogens with zero attached hydrogens (tertiary/aromatic N) is 3. The zero-order chi connectivity index (χ0) is 76.5. The highest BCUT2D eigenvalue weighted by Crippen LogP contribution is 2.51. The maximum absolute atomic E-state index is 2.46. The number of hydrogen-bond acceptors (Lipinski definition) is 6. The van der Waals surface area contributed by atoms with Crippen LogP contribution in [0.4, 0.5) is 0 Å². The number of aromatic nitrogens is 3. The molecule has 0 spiro atoms. The molecule has 0 aliphatic rings. The Balaban J connectivity index is 0.0000000980. The maximum atomic E-state index is 2.46. The van der Waals surface area contributed by atoms with E-state index in [-0.39, 0.29) is 0 Å². The third kappa shape index (κ3) is 10.5. The van der Waals surface area contributed by atoms with Crippen LogP contribution in [0.5, 0.6) is 0 Å². The summed E-state index contributed by atoms with van der Waals surface area (Å²) in [7, 11) is 0. The van der Waals surface area contributed by atoms with E-state index in [4.69, 9.17) is 0 Å². The minimum absolute atomic E-state index is 1.20. The van der Waals surface area contributed by atoms with Crippen molar-refractivity contribution in [3.8, 4) is 50.4 Å². The normalized spacial score (nSPS) is 12.1. The van der Waals surface area contributed by atoms with Crippen LogP contribution in [0.25, 0.3) is 237 Å². The smallest absolute Gasteiger partial charge is 0.0734 e. The summed E-state index contributed by atoms with van der Waals surface area (Å²) < 4.78 is 23.4. The monoisotopic (exact) mass is 1590 g/mol. The van der Waals surface area contributed by atoms with Crippen molar-refractivity contribution in [1.82, 2.24) is 13.7 Å². The van der Waals surface area contributed by atoms with Gasteiger partial charge in [-0.3, -0.25) is 0 Å². The third-order valence-electron chi connectivity index (χ3n) is 24.0. The lowest BCUT2D eigenvalue weighted by molar-refractivity contribution is 1.19. The fourth-order valence-electron chi connectivity index (χ4n) is 18.7. The molecule has 546 valence electrons. The van der Waals surface area contributed by atoms with Crippen LogP contribution in [-0.2, 0) is 0 Å². The van der Waals surface area contributed by atoms with E-state index in [0.717, 1.165) is 0 Å². The Morgan fingerprint density at radius 1 is 0.162 bits per heavy atom. The molecule has 0 bridgehead atoms. The SMILES string of the molecule is c1ccc(-n2c3ccccc3c3sc4cc(-c5ccc6c(c5)sc5ccc7ccccc7c56)ccc4c32)cc1.c1ccc(-n2c3ccccc3c3sc4ccc(-c5ccc6c(c5)sc5ccc7ccccc7c56)cc4c32)cc1.c1ccc(-n2c3ccccc3c3sc4cccc(-c5ccc6c(c5)sc5ccc7ccccc7c56)c4c32)cc1. The quantitative estimate of drug-likeness (QED) is 0.158. The molecular weight excluding hydrogens is 1530 g/mol. The number of fused-ring (bicyclic) bond motifs is 30. The van der Waals surface area contributed by atoms with Crippen LogP contribution in [0.2, 0.25) is 0 Å². The first-order valence-electron chi connectivity index (χ1n) is 39.6. The van der Waals surface area contributed by atoms with E-state index in [1.807, 2.05) is 68.0 Å². The van der Waals surface area contributed by atoms with Gasteiger partial charge in [0.2, 0.25) is 0 Å². The molecule has 3 nitrogen and oxygen atoms in total. The number of thiophene rings is 6. The van der Waals surface area contributed by atoms with Crippen molar-refractivity contribution in [2.45, 2.75) is 0 Å². The molecule has 0 unspecified atom stereocenters. The fraction of sp³-hybridized carbons (Fsp3) is 0. The zero-order valence-electron chi connectivity index (χ0n) is 62.7. The second-order valence-electron chi connectivity index (χ2n) is 30.4. The topological polar surface area (TPSA) is 14.8 Å². The van der Waals surface area contributed by atoms with Crippen LogP contribution < -0.4 is 0 Å². The van der Waals surface area contributed by atoms with Crippen molar-refractivity contribution in [1.29, 1.82) is 0 Å². The lowest BCUT2D eigenvalue weighted by atomic mass is 9.98. The maximum Gasteiger partial charge on any atom is 0.0734 e. The van der Waals surface area contributed by atoms with Gasteiger partial charge in [0.05, 0.1) is 47.2 Å². The van der Waals surface area contributed by atoms with Gasteiger partial charge in [-0.1, -0.05) is 267 Å². The van der Waals surface area contributed by atoms with E-state index in [0.29, 0.717) is 0 Å². The summed E-state index contributed by atoms with van der Waals surface area (Å²) in [5.74, 6) is 0. The van der Waals surface area contributed by atoms with Crippen LogP contribution in [0.15, 0.2) is 382 Å². The summed E-state index contributed by atoms with van der Waals surface area (Å²) in [6, 6.07) is 140. The fourth-order valence-corrected chi connectivity index (χ4v) is 25.9. The number of benzene rings is 18. The highest BCUT2D eigenvalue weighted by Gasteiger charge is 2.25. The molecule has 9 heterocycles. The van der Waals surface area contributed by atoms with Gasteiger partial charge in [0.15, 0.2) is 0 Å². The first kappa shape index (κ1) is 67.1. The molecule has 18 aromatic carbocycles. The first-order chi connectivity index (χ1) is 58.0. The second kappa shape index (κ2) is 26.6. The van der Waals surface area contributed by atoms with Crippen molar-refractivity contribution < 1.29 is 0 Å². The molecule has 0 fully saturated rings. The average molecular weight is 1600 g/mol. The van der Waals surface area contributed by atoms with Crippen LogP contribution in [-0.4, -0.2) is 13.7 Å². The standard InChI is InChI=1S/3C36H21NS2/c1-2-10-24(11-3-1)37-29-15-7-6-13-27(29)36-35(37)34-26(14-8-16-30(34)39-36)23-17-19-28-32(21-23)38-31-20-18-22-9-4-5-12-25(22)33(28)31;1-2-9-25(10-3-1)37-30-13-7-6-12-27(30)36-35(37)29-20-23(16-18-31(29)39-36)24-14-17-28-33(21-24)38-32-19-15-22-8-4-5-11-26(22)34(28)32;1-2-9-25(10-3-1)37-30-13-7-6-12-27(30)36-35(37)29-18-15-24(21-33(29)39-36)23-14-17-28-32(20-23)38-31-19-16-22-8-4-5-11-26(22)34(28)31/h3*1-21H. The van der Waals surface area contributed by atoms with Gasteiger partial charge < -0.3 is 13.7 Å². The molecule has 0 atom stereocenters. The molecule has 0 aliphatic heterocycles. The molecule has 0 saturated heterocycles. The first-order valence-corrected chi connectivity index (χ1v) is 44.5. The van der Waals surface area contributed by atoms with Gasteiger partial charge in [-0.05, 0) is 181 Å². The molecular formula is C108H63N3S6. The number of para-hydroxylation sites is 6. The summed E-state index contributed by atoms with van der Waals surface area (Å²) in [4.78, 5) is 0. The molecule has 0 amide bonds. The van der Waals surface area contributed by atoms with Gasteiger partial charge in [0, 0.05) is 124 Å². The minimum Gasteiger partial charge on any atom is -0.308 e. The zero-order valence-corrected chi connectivity index (χ0v) is 67.6. The van der Waals surface area contributed by atoms with Gasteiger partial charge in [-0.2, -0.15) is 0 Å². The Bertz CT molecular complexity index is 8770. The summed E-state index contributed by atoms with van der Waals surface area (Å²) >= 11 is 11.4. The molecule has 0 saturated carbocycles. The predicted octanol–water partition coefficient (Wildman–Crippen LogP) is 33.6. The summed E-state index contributed by atoms with van der Waals surface area (Å²) in [5, 5.41) is 24.0. The largest absolute Gasteiger partial charge is 0.308 e. The molecule has 0 radical (unpaired) electrons. The third-order valence-corrected chi connectivity index (χ3v) is 30.9. The van der Waals surface area contributed by atoms with Crippen molar-refractivity contribution in [3.63, 3.8) is 0 Å². The highest BCUT2D eigenvalue weighted by molar-refractivity contribution is 7.28. The highest BCUT2D eigenvalue weighted by atomic mass is 32.1. The lowest BCUT2D eigenvalue weighted by Crippen LogP contribution is -1.93. The van der Waals surface area contributed by atoms with Gasteiger partial charge in [-0.15, -0.1) is 68.0 Å². The number of rotatable bonds is 6. The van der Waals surface area contributed by atoms with Gasteiger partial charge in [0.25, 0.3) is 0 Å². The second-order valence-corrected chi connectivity index (χ2v) is 36.8. The Labute approximate surface area is 694 Å². The molecule has 0 N–H and O–H groups in total. The van der Waals surface area contributed by atoms with Crippen LogP contribution in [0, 0.1) is 0 Å². The molecule has 9 aromatic heterocycles. The minimum atomic E-state index is 1.20. The van der Waals surface area contributed by atoms with Crippen molar-refractivity contribution in [3.05, 3.63) is 382 Å². The van der Waals surface area contributed by atoms with Crippen LogP contribution in [0.1, 0.15) is 0 Å². The molecule has 27 rings (SSSR count). The van der Waals surface area contributed by atoms with Crippen molar-refractivity contribution in [2.24, 2.45) is 0 Å². The van der Waals surface area contributed by atoms with Gasteiger partial charge in [0.1, 0.15) is 0 Å². The van der Waals surface area contributed by atoms with E-state index in [1.54, 1.807) is 0 Å².